The molecule has 2 nitrogen and oxygen atoms in total. The van der Waals surface area contributed by atoms with Crippen LogP contribution in [0.5, 0.6) is 0 Å². The second-order valence-electron chi connectivity index (χ2n) is 5.55. The summed E-state index contributed by atoms with van der Waals surface area (Å²) >= 11 is 1.74. The summed E-state index contributed by atoms with van der Waals surface area (Å²) in [6.07, 6.45) is 0. The van der Waals surface area contributed by atoms with Crippen molar-refractivity contribution in [1.29, 1.82) is 0 Å². The number of nitrogens with zero attached hydrogens (tertiary/aromatic N) is 1. The highest BCUT2D eigenvalue weighted by molar-refractivity contribution is 7.09. The van der Waals surface area contributed by atoms with Crippen LogP contribution in [0.3, 0.4) is 0 Å². The van der Waals surface area contributed by atoms with Gasteiger partial charge in [0.15, 0.2) is 0 Å². The first-order valence-electron chi connectivity index (χ1n) is 5.98. The SMILES string of the molecule is Cc1ncsc1C(C)NCC(C)(C)C(C)C. The van der Waals surface area contributed by atoms with E-state index in [0.29, 0.717) is 17.4 Å². The van der Waals surface area contributed by atoms with E-state index in [0.717, 1.165) is 12.2 Å². The Morgan fingerprint density at radius 3 is 2.44 bits per heavy atom. The molecule has 1 heterocycles. The standard InChI is InChI=1S/C13H24N2S/c1-9(2)13(5,6)7-14-10(3)12-11(4)15-8-16-12/h8-10,14H,7H2,1-6H3. The van der Waals surface area contributed by atoms with Gasteiger partial charge < -0.3 is 5.32 Å². The lowest BCUT2D eigenvalue weighted by Crippen LogP contribution is -2.34. The summed E-state index contributed by atoms with van der Waals surface area (Å²) in [6, 6.07) is 0.408. The summed E-state index contributed by atoms with van der Waals surface area (Å²) in [5, 5.41) is 3.62. The minimum atomic E-state index is 0.340. The van der Waals surface area contributed by atoms with Crippen LogP contribution in [0, 0.1) is 18.3 Å². The van der Waals surface area contributed by atoms with Crippen LogP contribution in [0.1, 0.15) is 51.2 Å². The molecule has 0 aliphatic rings. The largest absolute Gasteiger partial charge is 0.309 e. The molecule has 1 atom stereocenters. The second-order valence-corrected chi connectivity index (χ2v) is 6.43. The van der Waals surface area contributed by atoms with Crippen LogP contribution < -0.4 is 5.32 Å². The molecule has 0 saturated carbocycles. The minimum absolute atomic E-state index is 0.340. The Labute approximate surface area is 103 Å². The molecule has 1 aromatic rings. The zero-order valence-corrected chi connectivity index (χ0v) is 12.1. The third kappa shape index (κ3) is 3.29. The van der Waals surface area contributed by atoms with Gasteiger partial charge in [-0.2, -0.15) is 0 Å². The summed E-state index contributed by atoms with van der Waals surface area (Å²) in [6.45, 7) is 14.5. The molecule has 1 aromatic heterocycles. The lowest BCUT2D eigenvalue weighted by atomic mass is 9.81. The molecule has 0 amide bonds. The molecular formula is C13H24N2S. The summed E-state index contributed by atoms with van der Waals surface area (Å²) < 4.78 is 0. The molecule has 0 aliphatic carbocycles. The molecule has 0 fully saturated rings. The van der Waals surface area contributed by atoms with Crippen LogP contribution in [0.25, 0.3) is 0 Å². The Morgan fingerprint density at radius 2 is 2.00 bits per heavy atom. The van der Waals surface area contributed by atoms with Gasteiger partial charge in [-0.25, -0.2) is 4.98 Å². The van der Waals surface area contributed by atoms with Crippen molar-refractivity contribution in [3.8, 4) is 0 Å². The summed E-state index contributed by atoms with van der Waals surface area (Å²) in [5.74, 6) is 0.690. The van der Waals surface area contributed by atoms with Crippen molar-refractivity contribution in [3.63, 3.8) is 0 Å². The van der Waals surface area contributed by atoms with Crippen LogP contribution >= 0.6 is 11.3 Å². The first-order valence-corrected chi connectivity index (χ1v) is 6.86. The predicted octanol–water partition coefficient (Wildman–Crippen LogP) is 3.78. The van der Waals surface area contributed by atoms with Gasteiger partial charge in [-0.1, -0.05) is 27.7 Å². The van der Waals surface area contributed by atoms with E-state index in [-0.39, 0.29) is 0 Å². The molecule has 16 heavy (non-hydrogen) atoms. The van der Waals surface area contributed by atoms with Gasteiger partial charge >= 0.3 is 0 Å². The van der Waals surface area contributed by atoms with Gasteiger partial charge in [0, 0.05) is 17.5 Å². The Morgan fingerprint density at radius 1 is 1.38 bits per heavy atom. The molecule has 3 heteroatoms. The van der Waals surface area contributed by atoms with E-state index in [1.807, 2.05) is 5.51 Å². The normalized spacial score (nSPS) is 14.4. The molecule has 92 valence electrons. The number of nitrogens with one attached hydrogen (secondary N) is 1. The van der Waals surface area contributed by atoms with Crippen LogP contribution in [0.15, 0.2) is 5.51 Å². The fourth-order valence-corrected chi connectivity index (χ4v) is 2.27. The quantitative estimate of drug-likeness (QED) is 0.847. The number of aromatic nitrogens is 1. The zero-order valence-electron chi connectivity index (χ0n) is 11.3. The summed E-state index contributed by atoms with van der Waals surface area (Å²) in [5.41, 5.74) is 3.43. The summed E-state index contributed by atoms with van der Waals surface area (Å²) in [7, 11) is 0. The summed E-state index contributed by atoms with van der Waals surface area (Å²) in [4.78, 5) is 5.66. The van der Waals surface area contributed by atoms with E-state index in [9.17, 15) is 0 Å². The first-order chi connectivity index (χ1) is 7.34. The van der Waals surface area contributed by atoms with Crippen molar-refractivity contribution in [2.45, 2.75) is 47.6 Å². The smallest absolute Gasteiger partial charge is 0.0798 e. The molecular weight excluding hydrogens is 216 g/mol. The fourth-order valence-electron chi connectivity index (χ4n) is 1.44. The number of rotatable bonds is 5. The van der Waals surface area contributed by atoms with Gasteiger partial charge in [0.25, 0.3) is 0 Å². The zero-order chi connectivity index (χ0) is 12.3. The third-order valence-electron chi connectivity index (χ3n) is 3.60. The van der Waals surface area contributed by atoms with Gasteiger partial charge in [-0.05, 0) is 25.2 Å². The van der Waals surface area contributed by atoms with Crippen LogP contribution in [0.2, 0.25) is 0 Å². The predicted molar refractivity (Wildman–Crippen MR) is 71.9 cm³/mol. The molecule has 0 aromatic carbocycles. The Balaban J connectivity index is 2.54. The van der Waals surface area contributed by atoms with Gasteiger partial charge in [-0.15, -0.1) is 11.3 Å². The molecule has 0 spiro atoms. The number of hydrogen-bond donors (Lipinski definition) is 1. The number of thiazole rings is 1. The van der Waals surface area contributed by atoms with Crippen molar-refractivity contribution in [2.24, 2.45) is 11.3 Å². The Bertz CT molecular complexity index is 328. The molecule has 1 unspecified atom stereocenters. The number of aryl methyl sites for hydroxylation is 1. The number of hydrogen-bond acceptors (Lipinski definition) is 3. The fraction of sp³-hybridized carbons (Fsp3) is 0.769. The van der Waals surface area contributed by atoms with E-state index in [1.165, 1.54) is 4.88 Å². The lowest BCUT2D eigenvalue weighted by Gasteiger charge is -2.31. The van der Waals surface area contributed by atoms with E-state index >= 15 is 0 Å². The lowest BCUT2D eigenvalue weighted by molar-refractivity contribution is 0.231. The van der Waals surface area contributed by atoms with E-state index in [2.05, 4.69) is 51.8 Å². The maximum absolute atomic E-state index is 4.30. The monoisotopic (exact) mass is 240 g/mol. The highest BCUT2D eigenvalue weighted by atomic mass is 32.1. The van der Waals surface area contributed by atoms with Crippen molar-refractivity contribution in [1.82, 2.24) is 10.3 Å². The first kappa shape index (κ1) is 13.7. The van der Waals surface area contributed by atoms with Gasteiger partial charge in [0.05, 0.1) is 11.2 Å². The van der Waals surface area contributed by atoms with Crippen LogP contribution in [-0.4, -0.2) is 11.5 Å². The van der Waals surface area contributed by atoms with Crippen molar-refractivity contribution in [2.75, 3.05) is 6.54 Å². The van der Waals surface area contributed by atoms with Gasteiger partial charge in [0.2, 0.25) is 0 Å². The van der Waals surface area contributed by atoms with E-state index < -0.39 is 0 Å². The van der Waals surface area contributed by atoms with Crippen molar-refractivity contribution < 1.29 is 0 Å². The van der Waals surface area contributed by atoms with Gasteiger partial charge in [0.1, 0.15) is 0 Å². The molecule has 0 saturated heterocycles. The molecule has 0 bridgehead atoms. The van der Waals surface area contributed by atoms with Crippen molar-refractivity contribution >= 4 is 11.3 Å². The van der Waals surface area contributed by atoms with Crippen LogP contribution in [-0.2, 0) is 0 Å². The Kier molecular flexibility index (Phi) is 4.51. The van der Waals surface area contributed by atoms with E-state index in [1.54, 1.807) is 11.3 Å². The maximum atomic E-state index is 4.30. The van der Waals surface area contributed by atoms with E-state index in [4.69, 9.17) is 0 Å². The highest BCUT2D eigenvalue weighted by Crippen LogP contribution is 2.27. The molecule has 0 aliphatic heterocycles. The topological polar surface area (TPSA) is 24.9 Å². The third-order valence-corrected chi connectivity index (χ3v) is 4.72. The molecule has 1 N–H and O–H groups in total. The second kappa shape index (κ2) is 5.28. The van der Waals surface area contributed by atoms with Crippen molar-refractivity contribution in [3.05, 3.63) is 16.1 Å². The average Bonchev–Trinajstić information content (AvgIpc) is 2.61. The minimum Gasteiger partial charge on any atom is -0.309 e. The van der Waals surface area contributed by atoms with Gasteiger partial charge in [-0.3, -0.25) is 0 Å². The molecule has 0 radical (unpaired) electrons. The van der Waals surface area contributed by atoms with Crippen LogP contribution in [0.4, 0.5) is 0 Å². The highest BCUT2D eigenvalue weighted by Gasteiger charge is 2.23. The Hall–Kier alpha value is -0.410. The maximum Gasteiger partial charge on any atom is 0.0798 e. The average molecular weight is 240 g/mol. The molecule has 1 rings (SSSR count).